The zero-order valence-electron chi connectivity index (χ0n) is 16.8. The zero-order chi connectivity index (χ0) is 21.7. The number of nitrogens with zero attached hydrogens (tertiary/aromatic N) is 3. The lowest BCUT2D eigenvalue weighted by atomic mass is 9.91. The molecule has 2 heterocycles. The Labute approximate surface area is 174 Å². The van der Waals surface area contributed by atoms with Crippen molar-refractivity contribution in [3.63, 3.8) is 0 Å². The van der Waals surface area contributed by atoms with Crippen molar-refractivity contribution in [2.75, 3.05) is 18.4 Å². The van der Waals surface area contributed by atoms with Gasteiger partial charge < -0.3 is 10.2 Å². The standard InChI is InChI=1S/C21H27FN4O4/c1-14-8-18(20(28)24-19-7-6-17(22)10-23-19)26(11-14)21(29)16(12-25(30)13-27)9-15-4-2-3-5-15/h6-7,10,13,15-16,18,30H,1-5,8-9,11-12H2,(H,23,24,28)/t16-,18+/m1/s1. The molecule has 30 heavy (non-hydrogen) atoms. The minimum atomic E-state index is -0.772. The van der Waals surface area contributed by atoms with E-state index in [1.165, 1.54) is 17.0 Å². The predicted molar refractivity (Wildman–Crippen MR) is 107 cm³/mol. The van der Waals surface area contributed by atoms with Gasteiger partial charge in [0.15, 0.2) is 0 Å². The van der Waals surface area contributed by atoms with Crippen molar-refractivity contribution in [1.82, 2.24) is 14.9 Å². The number of likely N-dealkylation sites (tertiary alicyclic amines) is 1. The molecule has 9 heteroatoms. The number of aromatic nitrogens is 1. The Kier molecular flexibility index (Phi) is 7.15. The summed E-state index contributed by atoms with van der Waals surface area (Å²) in [7, 11) is 0. The molecule has 1 aromatic rings. The Morgan fingerprint density at radius 1 is 1.40 bits per heavy atom. The van der Waals surface area contributed by atoms with Crippen LogP contribution in [0.15, 0.2) is 30.5 Å². The Balaban J connectivity index is 1.73. The Hall–Kier alpha value is -2.81. The molecule has 0 spiro atoms. The molecular formula is C21H27FN4O4. The van der Waals surface area contributed by atoms with Gasteiger partial charge in [-0.05, 0) is 30.9 Å². The van der Waals surface area contributed by atoms with Gasteiger partial charge >= 0.3 is 0 Å². The van der Waals surface area contributed by atoms with Crippen LogP contribution < -0.4 is 5.32 Å². The lowest BCUT2D eigenvalue weighted by molar-refractivity contribution is -0.158. The number of anilines is 1. The van der Waals surface area contributed by atoms with Crippen molar-refractivity contribution in [3.05, 3.63) is 36.3 Å². The van der Waals surface area contributed by atoms with E-state index in [4.69, 9.17) is 0 Å². The first-order valence-electron chi connectivity index (χ1n) is 10.2. The highest BCUT2D eigenvalue weighted by atomic mass is 19.1. The first-order chi connectivity index (χ1) is 14.4. The third-order valence-electron chi connectivity index (χ3n) is 5.79. The zero-order valence-corrected chi connectivity index (χ0v) is 16.8. The molecule has 2 N–H and O–H groups in total. The van der Waals surface area contributed by atoms with E-state index in [2.05, 4.69) is 16.9 Å². The van der Waals surface area contributed by atoms with Gasteiger partial charge in [0.1, 0.15) is 17.7 Å². The number of carbonyl (C=O) groups is 3. The van der Waals surface area contributed by atoms with Gasteiger partial charge in [-0.15, -0.1) is 0 Å². The first kappa shape index (κ1) is 21.9. The Morgan fingerprint density at radius 3 is 2.77 bits per heavy atom. The fraction of sp³-hybridized carbons (Fsp3) is 0.524. The third-order valence-corrected chi connectivity index (χ3v) is 5.79. The van der Waals surface area contributed by atoms with Crippen LogP contribution in [-0.4, -0.2) is 57.5 Å². The Bertz CT molecular complexity index is 795. The van der Waals surface area contributed by atoms with Gasteiger partial charge in [-0.3, -0.25) is 19.6 Å². The molecule has 1 aromatic heterocycles. The molecule has 2 atom stereocenters. The summed E-state index contributed by atoms with van der Waals surface area (Å²) in [6.45, 7) is 4.04. The molecule has 0 aromatic carbocycles. The van der Waals surface area contributed by atoms with Gasteiger partial charge in [0.05, 0.1) is 18.7 Å². The van der Waals surface area contributed by atoms with Crippen LogP contribution in [0.4, 0.5) is 10.2 Å². The van der Waals surface area contributed by atoms with Crippen LogP contribution in [0.5, 0.6) is 0 Å². The maximum absolute atomic E-state index is 13.3. The second-order valence-corrected chi connectivity index (χ2v) is 8.10. The van der Waals surface area contributed by atoms with E-state index in [0.29, 0.717) is 23.8 Å². The smallest absolute Gasteiger partial charge is 0.248 e. The average Bonchev–Trinajstić information content (AvgIpc) is 3.38. The summed E-state index contributed by atoms with van der Waals surface area (Å²) < 4.78 is 13.0. The molecule has 1 saturated heterocycles. The summed E-state index contributed by atoms with van der Waals surface area (Å²) in [5.74, 6) is -1.28. The average molecular weight is 418 g/mol. The number of hydrogen-bond donors (Lipinski definition) is 2. The van der Waals surface area contributed by atoms with Gasteiger partial charge in [-0.2, -0.15) is 0 Å². The van der Waals surface area contributed by atoms with Gasteiger partial charge in [0.2, 0.25) is 18.2 Å². The summed E-state index contributed by atoms with van der Waals surface area (Å²) in [6, 6.07) is 1.76. The number of amides is 3. The molecule has 0 unspecified atom stereocenters. The van der Waals surface area contributed by atoms with E-state index in [-0.39, 0.29) is 31.2 Å². The topological polar surface area (TPSA) is 103 Å². The highest BCUT2D eigenvalue weighted by Gasteiger charge is 2.40. The number of pyridine rings is 1. The van der Waals surface area contributed by atoms with Crippen molar-refractivity contribution in [2.24, 2.45) is 11.8 Å². The minimum absolute atomic E-state index is 0.115. The van der Waals surface area contributed by atoms with E-state index < -0.39 is 23.7 Å². The first-order valence-corrected chi connectivity index (χ1v) is 10.2. The summed E-state index contributed by atoms with van der Waals surface area (Å²) in [6.07, 6.45) is 6.40. The van der Waals surface area contributed by atoms with Gasteiger partial charge in [0.25, 0.3) is 0 Å². The molecule has 2 aliphatic rings. The van der Waals surface area contributed by atoms with Crippen LogP contribution in [0.25, 0.3) is 0 Å². The van der Waals surface area contributed by atoms with E-state index in [0.717, 1.165) is 37.5 Å². The molecule has 1 aliphatic carbocycles. The molecule has 3 rings (SSSR count). The van der Waals surface area contributed by atoms with Gasteiger partial charge in [-0.25, -0.2) is 14.4 Å². The van der Waals surface area contributed by atoms with Crippen molar-refractivity contribution in [2.45, 2.75) is 44.6 Å². The van der Waals surface area contributed by atoms with Crippen LogP contribution in [0.1, 0.15) is 38.5 Å². The lowest BCUT2D eigenvalue weighted by Gasteiger charge is -2.30. The molecule has 1 aliphatic heterocycles. The fourth-order valence-corrected chi connectivity index (χ4v) is 4.33. The predicted octanol–water partition coefficient (Wildman–Crippen LogP) is 2.36. The molecule has 162 valence electrons. The normalized spacial score (nSPS) is 20.3. The maximum atomic E-state index is 13.3. The third kappa shape index (κ3) is 5.41. The van der Waals surface area contributed by atoms with Crippen LogP contribution in [0.2, 0.25) is 0 Å². The number of halogens is 1. The quantitative estimate of drug-likeness (QED) is 0.292. The SMILES string of the molecule is C=C1C[C@@H](C(=O)Nc2ccc(F)cn2)N(C(=O)[C@H](CC2CCCC2)CN(O)C=O)C1. The monoisotopic (exact) mass is 418 g/mol. The lowest BCUT2D eigenvalue weighted by Crippen LogP contribution is -2.48. The summed E-state index contributed by atoms with van der Waals surface area (Å²) in [5, 5.41) is 12.8. The molecule has 8 nitrogen and oxygen atoms in total. The number of rotatable bonds is 8. The summed E-state index contributed by atoms with van der Waals surface area (Å²) >= 11 is 0. The highest BCUT2D eigenvalue weighted by molar-refractivity contribution is 5.97. The fourth-order valence-electron chi connectivity index (χ4n) is 4.33. The van der Waals surface area contributed by atoms with Crippen LogP contribution in [-0.2, 0) is 14.4 Å². The number of hydroxylamine groups is 2. The largest absolute Gasteiger partial charge is 0.326 e. The number of hydrogen-bond acceptors (Lipinski definition) is 5. The number of carbonyl (C=O) groups excluding carboxylic acids is 3. The van der Waals surface area contributed by atoms with E-state index >= 15 is 0 Å². The molecule has 1 saturated carbocycles. The van der Waals surface area contributed by atoms with Crippen molar-refractivity contribution >= 4 is 24.0 Å². The van der Waals surface area contributed by atoms with Crippen LogP contribution in [0.3, 0.4) is 0 Å². The van der Waals surface area contributed by atoms with Crippen molar-refractivity contribution in [3.8, 4) is 0 Å². The summed E-state index contributed by atoms with van der Waals surface area (Å²) in [4.78, 5) is 42.3. The minimum Gasteiger partial charge on any atom is -0.326 e. The molecule has 2 fully saturated rings. The van der Waals surface area contributed by atoms with Crippen molar-refractivity contribution in [1.29, 1.82) is 0 Å². The molecule has 0 radical (unpaired) electrons. The second-order valence-electron chi connectivity index (χ2n) is 8.10. The van der Waals surface area contributed by atoms with E-state index in [1.807, 2.05) is 0 Å². The van der Waals surface area contributed by atoms with E-state index in [9.17, 15) is 24.0 Å². The summed E-state index contributed by atoms with van der Waals surface area (Å²) in [5.41, 5.74) is 0.742. The maximum Gasteiger partial charge on any atom is 0.248 e. The van der Waals surface area contributed by atoms with Crippen LogP contribution in [0, 0.1) is 17.7 Å². The molecule has 0 bridgehead atoms. The number of nitrogens with one attached hydrogen (secondary N) is 1. The van der Waals surface area contributed by atoms with Crippen LogP contribution >= 0.6 is 0 Å². The molecular weight excluding hydrogens is 391 g/mol. The highest BCUT2D eigenvalue weighted by Crippen LogP contribution is 2.33. The van der Waals surface area contributed by atoms with Crippen molar-refractivity contribution < 1.29 is 24.0 Å². The Morgan fingerprint density at radius 2 is 2.13 bits per heavy atom. The second kappa shape index (κ2) is 9.80. The van der Waals surface area contributed by atoms with Gasteiger partial charge in [-0.1, -0.05) is 37.8 Å². The molecule has 3 amide bonds. The van der Waals surface area contributed by atoms with E-state index in [1.54, 1.807) is 0 Å². The van der Waals surface area contributed by atoms with Gasteiger partial charge in [0, 0.05) is 6.54 Å².